The first-order chi connectivity index (χ1) is 14.8. The van der Waals surface area contributed by atoms with E-state index in [1.165, 1.54) is 23.4 Å². The summed E-state index contributed by atoms with van der Waals surface area (Å²) in [5, 5.41) is 12.7. The van der Waals surface area contributed by atoms with Gasteiger partial charge in [-0.3, -0.25) is 4.79 Å². The molecule has 6 nitrogen and oxygen atoms in total. The zero-order chi connectivity index (χ0) is 20.3. The fourth-order valence-corrected chi connectivity index (χ4v) is 5.29. The summed E-state index contributed by atoms with van der Waals surface area (Å²) in [5.41, 5.74) is 3.13. The molecule has 3 heterocycles. The van der Waals surface area contributed by atoms with Crippen molar-refractivity contribution in [1.29, 1.82) is 0 Å². The minimum atomic E-state index is 0.0266. The van der Waals surface area contributed by atoms with Gasteiger partial charge in [-0.05, 0) is 50.7 Å². The van der Waals surface area contributed by atoms with Gasteiger partial charge in [0.2, 0.25) is 5.91 Å². The number of carbonyl (C=O) groups is 1. The first-order valence-corrected chi connectivity index (χ1v) is 11.5. The van der Waals surface area contributed by atoms with E-state index in [0.717, 1.165) is 61.0 Å². The second kappa shape index (κ2) is 8.52. The van der Waals surface area contributed by atoms with E-state index in [1.807, 2.05) is 42.5 Å². The summed E-state index contributed by atoms with van der Waals surface area (Å²) in [4.78, 5) is 20.9. The van der Waals surface area contributed by atoms with Crippen LogP contribution >= 0.6 is 11.3 Å². The van der Waals surface area contributed by atoms with Gasteiger partial charge in [-0.1, -0.05) is 30.3 Å². The summed E-state index contributed by atoms with van der Waals surface area (Å²) < 4.78 is 0. The van der Waals surface area contributed by atoms with Crippen LogP contribution in [-0.2, 0) is 17.6 Å². The number of nitrogens with one attached hydrogen (secondary N) is 1. The van der Waals surface area contributed by atoms with Crippen LogP contribution in [0.1, 0.15) is 36.3 Å². The maximum atomic E-state index is 12.7. The molecule has 3 aromatic rings. The number of nitrogens with zero attached hydrogens (tertiary/aromatic N) is 4. The van der Waals surface area contributed by atoms with Gasteiger partial charge in [0, 0.05) is 29.4 Å². The number of hydrogen-bond acceptors (Lipinski definition) is 6. The molecule has 1 aromatic carbocycles. The number of fused-ring (bicyclic) bond motifs is 1. The molecule has 0 unspecified atom stereocenters. The van der Waals surface area contributed by atoms with Crippen molar-refractivity contribution in [3.05, 3.63) is 53.0 Å². The molecule has 0 bridgehead atoms. The third kappa shape index (κ3) is 4.07. The van der Waals surface area contributed by atoms with Crippen molar-refractivity contribution in [2.45, 2.75) is 38.5 Å². The number of thiazole rings is 1. The van der Waals surface area contributed by atoms with E-state index >= 15 is 0 Å². The van der Waals surface area contributed by atoms with Crippen molar-refractivity contribution in [1.82, 2.24) is 15.2 Å². The minimum absolute atomic E-state index is 0.0266. The highest BCUT2D eigenvalue weighted by Gasteiger charge is 2.27. The molecule has 0 saturated carbocycles. The third-order valence-electron chi connectivity index (χ3n) is 5.99. The van der Waals surface area contributed by atoms with Crippen molar-refractivity contribution >= 4 is 28.2 Å². The Bertz CT molecular complexity index is 986. The second-order valence-corrected chi connectivity index (χ2v) is 9.07. The Morgan fingerprint density at radius 2 is 1.80 bits per heavy atom. The van der Waals surface area contributed by atoms with E-state index in [2.05, 4.69) is 25.4 Å². The first-order valence-electron chi connectivity index (χ1n) is 10.7. The van der Waals surface area contributed by atoms with E-state index in [1.54, 1.807) is 11.3 Å². The Balaban J connectivity index is 1.17. The molecule has 1 N–H and O–H groups in total. The van der Waals surface area contributed by atoms with Crippen LogP contribution in [0.3, 0.4) is 0 Å². The smallest absolute Gasteiger partial charge is 0.229 e. The number of aryl methyl sites for hydroxylation is 2. The zero-order valence-electron chi connectivity index (χ0n) is 16.9. The van der Waals surface area contributed by atoms with E-state index in [0.29, 0.717) is 0 Å². The fraction of sp³-hybridized carbons (Fsp3) is 0.391. The Labute approximate surface area is 180 Å². The summed E-state index contributed by atoms with van der Waals surface area (Å²) >= 11 is 1.65. The molecule has 0 radical (unpaired) electrons. The molecule has 1 fully saturated rings. The van der Waals surface area contributed by atoms with Crippen LogP contribution in [-0.4, -0.2) is 34.2 Å². The van der Waals surface area contributed by atoms with Crippen LogP contribution in [0.5, 0.6) is 0 Å². The van der Waals surface area contributed by atoms with Crippen LogP contribution in [0, 0.1) is 5.92 Å². The van der Waals surface area contributed by atoms with Gasteiger partial charge in [0.1, 0.15) is 0 Å². The van der Waals surface area contributed by atoms with Crippen LogP contribution in [0.15, 0.2) is 42.5 Å². The van der Waals surface area contributed by atoms with Crippen LogP contribution in [0.2, 0.25) is 0 Å². The lowest BCUT2D eigenvalue weighted by atomic mass is 9.96. The molecule has 1 aliphatic carbocycles. The Morgan fingerprint density at radius 3 is 2.53 bits per heavy atom. The van der Waals surface area contributed by atoms with Crippen LogP contribution in [0.25, 0.3) is 11.3 Å². The molecule has 2 aromatic heterocycles. The zero-order valence-corrected chi connectivity index (χ0v) is 17.7. The predicted molar refractivity (Wildman–Crippen MR) is 120 cm³/mol. The number of piperidine rings is 1. The topological polar surface area (TPSA) is 71.0 Å². The van der Waals surface area contributed by atoms with Gasteiger partial charge in [-0.15, -0.1) is 21.5 Å². The first kappa shape index (κ1) is 19.2. The minimum Gasteiger partial charge on any atom is -0.355 e. The Hall–Kier alpha value is -2.80. The summed E-state index contributed by atoms with van der Waals surface area (Å²) in [6.45, 7) is 1.62. The summed E-state index contributed by atoms with van der Waals surface area (Å²) in [6.07, 6.45) is 6.22. The molecule has 1 saturated heterocycles. The second-order valence-electron chi connectivity index (χ2n) is 7.99. The molecule has 0 atom stereocenters. The number of carbonyl (C=O) groups excluding carboxylic acids is 1. The molecule has 30 heavy (non-hydrogen) atoms. The SMILES string of the molecule is O=C(Nc1nc2c(s1)CCCC2)C1CCN(c2ccc(-c3ccccc3)nn2)CC1. The number of anilines is 2. The maximum absolute atomic E-state index is 12.7. The highest BCUT2D eigenvalue weighted by Crippen LogP contribution is 2.30. The lowest BCUT2D eigenvalue weighted by Gasteiger charge is -2.31. The Kier molecular flexibility index (Phi) is 5.45. The molecule has 1 amide bonds. The van der Waals surface area contributed by atoms with E-state index in [9.17, 15) is 4.79 Å². The highest BCUT2D eigenvalue weighted by atomic mass is 32.1. The largest absolute Gasteiger partial charge is 0.355 e. The average Bonchev–Trinajstić information content (AvgIpc) is 3.22. The Morgan fingerprint density at radius 1 is 1.00 bits per heavy atom. The average molecular weight is 420 g/mol. The van der Waals surface area contributed by atoms with E-state index in [4.69, 9.17) is 0 Å². The van der Waals surface area contributed by atoms with Gasteiger partial charge in [-0.2, -0.15) is 0 Å². The monoisotopic (exact) mass is 419 g/mol. The van der Waals surface area contributed by atoms with Crippen LogP contribution < -0.4 is 10.2 Å². The number of rotatable bonds is 4. The van der Waals surface area contributed by atoms with Crippen molar-refractivity contribution in [2.75, 3.05) is 23.3 Å². The number of amides is 1. The number of aromatic nitrogens is 3. The lowest BCUT2D eigenvalue weighted by Crippen LogP contribution is -2.38. The van der Waals surface area contributed by atoms with Crippen molar-refractivity contribution in [3.63, 3.8) is 0 Å². The number of hydrogen-bond donors (Lipinski definition) is 1. The summed E-state index contributed by atoms with van der Waals surface area (Å²) in [5.74, 6) is 1.01. The molecule has 0 spiro atoms. The van der Waals surface area contributed by atoms with Gasteiger partial charge < -0.3 is 10.2 Å². The summed E-state index contributed by atoms with van der Waals surface area (Å²) in [6, 6.07) is 14.1. The predicted octanol–water partition coefficient (Wildman–Crippen LogP) is 4.33. The normalized spacial score (nSPS) is 16.9. The quantitative estimate of drug-likeness (QED) is 0.681. The van der Waals surface area contributed by atoms with Gasteiger partial charge in [0.15, 0.2) is 10.9 Å². The van der Waals surface area contributed by atoms with Gasteiger partial charge in [0.25, 0.3) is 0 Å². The fourth-order valence-electron chi connectivity index (χ4n) is 4.24. The maximum Gasteiger partial charge on any atom is 0.229 e. The standard InChI is InChI=1S/C23H25N5OS/c29-22(25-23-24-19-8-4-5-9-20(19)30-23)17-12-14-28(15-13-17)21-11-10-18(26-27-21)16-6-2-1-3-7-16/h1-3,6-7,10-11,17H,4-5,8-9,12-15H2,(H,24,25,29). The molecule has 2 aliphatic rings. The highest BCUT2D eigenvalue weighted by molar-refractivity contribution is 7.15. The molecule has 154 valence electrons. The van der Waals surface area contributed by atoms with Gasteiger partial charge in [0.05, 0.1) is 11.4 Å². The van der Waals surface area contributed by atoms with Crippen molar-refractivity contribution in [2.24, 2.45) is 5.92 Å². The molecular formula is C23H25N5OS. The number of benzene rings is 1. The molecular weight excluding hydrogens is 394 g/mol. The van der Waals surface area contributed by atoms with E-state index < -0.39 is 0 Å². The van der Waals surface area contributed by atoms with Crippen molar-refractivity contribution in [3.8, 4) is 11.3 Å². The molecule has 7 heteroatoms. The molecule has 1 aliphatic heterocycles. The van der Waals surface area contributed by atoms with Gasteiger partial charge >= 0.3 is 0 Å². The van der Waals surface area contributed by atoms with Gasteiger partial charge in [-0.25, -0.2) is 4.98 Å². The molecule has 5 rings (SSSR count). The lowest BCUT2D eigenvalue weighted by molar-refractivity contribution is -0.120. The van der Waals surface area contributed by atoms with Crippen molar-refractivity contribution < 1.29 is 4.79 Å². The summed E-state index contributed by atoms with van der Waals surface area (Å²) in [7, 11) is 0. The third-order valence-corrected chi connectivity index (χ3v) is 7.06. The van der Waals surface area contributed by atoms with Crippen LogP contribution in [0.4, 0.5) is 10.9 Å². The van der Waals surface area contributed by atoms with E-state index in [-0.39, 0.29) is 11.8 Å².